The number of pyridine rings is 1. The van der Waals surface area contributed by atoms with Crippen LogP contribution in [-0.4, -0.2) is 52.4 Å². The second kappa shape index (κ2) is 8.88. The van der Waals surface area contributed by atoms with E-state index in [1.54, 1.807) is 12.1 Å². The monoisotopic (exact) mass is 383 g/mol. The number of esters is 3. The SMILES string of the molecule is CC(=O)O[C@@H]1[C@@H](OC(C)=O)[C@@H](Oc2cccc(C)n2)SC[C@H]1OC(C)=O. The Kier molecular flexibility index (Phi) is 6.84. The quantitative estimate of drug-likeness (QED) is 0.554. The molecule has 1 aromatic heterocycles. The summed E-state index contributed by atoms with van der Waals surface area (Å²) in [6.07, 6.45) is -2.69. The van der Waals surface area contributed by atoms with Crippen molar-refractivity contribution < 1.29 is 33.3 Å². The third-order valence-electron chi connectivity index (χ3n) is 3.40. The Morgan fingerprint density at radius 2 is 1.62 bits per heavy atom. The van der Waals surface area contributed by atoms with Crippen LogP contribution in [0.3, 0.4) is 0 Å². The Bertz CT molecular complexity index is 681. The third-order valence-corrected chi connectivity index (χ3v) is 4.62. The van der Waals surface area contributed by atoms with Crippen LogP contribution in [0.4, 0.5) is 0 Å². The van der Waals surface area contributed by atoms with Crippen molar-refractivity contribution in [3.05, 3.63) is 23.9 Å². The lowest BCUT2D eigenvalue weighted by molar-refractivity contribution is -0.186. The number of carbonyl (C=O) groups excluding carboxylic acids is 3. The molecule has 0 amide bonds. The largest absolute Gasteiger partial charge is 0.459 e. The molecule has 0 N–H and O–H groups in total. The number of hydrogen-bond donors (Lipinski definition) is 0. The van der Waals surface area contributed by atoms with Crippen molar-refractivity contribution >= 4 is 29.7 Å². The van der Waals surface area contributed by atoms with E-state index in [-0.39, 0.29) is 0 Å². The maximum absolute atomic E-state index is 11.6. The van der Waals surface area contributed by atoms with Gasteiger partial charge in [-0.15, -0.1) is 11.8 Å². The molecule has 1 fully saturated rings. The van der Waals surface area contributed by atoms with Gasteiger partial charge in [0.05, 0.1) is 0 Å². The number of aryl methyl sites for hydroxylation is 1. The number of hydrogen-bond acceptors (Lipinski definition) is 9. The highest BCUT2D eigenvalue weighted by Crippen LogP contribution is 2.33. The predicted molar refractivity (Wildman–Crippen MR) is 92.5 cm³/mol. The molecule has 4 atom stereocenters. The first-order chi connectivity index (χ1) is 12.3. The van der Waals surface area contributed by atoms with Gasteiger partial charge in [0.25, 0.3) is 0 Å². The number of thioether (sulfide) groups is 1. The summed E-state index contributed by atoms with van der Waals surface area (Å²) in [7, 11) is 0. The molecule has 1 aromatic rings. The lowest BCUT2D eigenvalue weighted by Gasteiger charge is -2.39. The Morgan fingerprint density at radius 3 is 2.19 bits per heavy atom. The molecule has 0 saturated carbocycles. The lowest BCUT2D eigenvalue weighted by Crippen LogP contribution is -2.55. The van der Waals surface area contributed by atoms with E-state index in [1.165, 1.54) is 32.5 Å². The first-order valence-corrected chi connectivity index (χ1v) is 9.04. The number of ether oxygens (including phenoxy) is 4. The summed E-state index contributed by atoms with van der Waals surface area (Å²) in [6.45, 7) is 5.56. The first kappa shape index (κ1) is 20.0. The Labute approximate surface area is 155 Å². The number of rotatable bonds is 5. The van der Waals surface area contributed by atoms with Gasteiger partial charge in [0, 0.05) is 38.3 Å². The zero-order valence-corrected chi connectivity index (χ0v) is 15.8. The van der Waals surface area contributed by atoms with Crippen LogP contribution in [-0.2, 0) is 28.6 Å². The molecule has 1 saturated heterocycles. The highest BCUT2D eigenvalue weighted by atomic mass is 32.2. The number of carbonyl (C=O) groups is 3. The van der Waals surface area contributed by atoms with E-state index in [0.29, 0.717) is 11.6 Å². The predicted octanol–water partition coefficient (Wildman–Crippen LogP) is 1.64. The van der Waals surface area contributed by atoms with Gasteiger partial charge in [-0.25, -0.2) is 4.98 Å². The van der Waals surface area contributed by atoms with Gasteiger partial charge in [0.2, 0.25) is 5.88 Å². The molecule has 0 unspecified atom stereocenters. The zero-order valence-electron chi connectivity index (χ0n) is 15.0. The van der Waals surface area contributed by atoms with Crippen LogP contribution in [0, 0.1) is 6.92 Å². The summed E-state index contributed by atoms with van der Waals surface area (Å²) in [4.78, 5) is 38.7. The van der Waals surface area contributed by atoms with E-state index in [2.05, 4.69) is 4.98 Å². The maximum atomic E-state index is 11.6. The molecule has 0 aliphatic carbocycles. The molecule has 9 heteroatoms. The van der Waals surface area contributed by atoms with Gasteiger partial charge < -0.3 is 18.9 Å². The van der Waals surface area contributed by atoms with Crippen LogP contribution >= 0.6 is 11.8 Å². The first-order valence-electron chi connectivity index (χ1n) is 8.00. The molecule has 142 valence electrons. The van der Waals surface area contributed by atoms with E-state index in [4.69, 9.17) is 18.9 Å². The summed E-state index contributed by atoms with van der Waals surface area (Å²) in [5.74, 6) is -1.00. The van der Waals surface area contributed by atoms with Crippen LogP contribution in [0.2, 0.25) is 0 Å². The van der Waals surface area contributed by atoms with Gasteiger partial charge >= 0.3 is 17.9 Å². The zero-order chi connectivity index (χ0) is 19.3. The Balaban J connectivity index is 2.27. The lowest BCUT2D eigenvalue weighted by atomic mass is 10.1. The minimum Gasteiger partial charge on any atom is -0.459 e. The van der Waals surface area contributed by atoms with Crippen molar-refractivity contribution in [1.29, 1.82) is 0 Å². The fourth-order valence-corrected chi connectivity index (χ4v) is 3.72. The van der Waals surface area contributed by atoms with Crippen LogP contribution < -0.4 is 4.74 Å². The third kappa shape index (κ3) is 5.62. The molecule has 1 aliphatic rings. The highest BCUT2D eigenvalue weighted by Gasteiger charge is 2.47. The van der Waals surface area contributed by atoms with Crippen LogP contribution in [0.15, 0.2) is 18.2 Å². The van der Waals surface area contributed by atoms with Crippen molar-refractivity contribution in [1.82, 2.24) is 4.98 Å². The normalized spacial score (nSPS) is 25.1. The molecule has 2 rings (SSSR count). The standard InChI is InChI=1S/C17H21NO7S/c1-9-6-5-7-14(18-9)25-17-16(24-12(4)21)15(23-11(3)20)13(8-26-17)22-10(2)19/h5-7,13,15-17H,8H2,1-4H3/t13-,15+,16-,17+/m1/s1. The van der Waals surface area contributed by atoms with Crippen LogP contribution in [0.25, 0.3) is 0 Å². The topological polar surface area (TPSA) is 101 Å². The molecule has 0 spiro atoms. The van der Waals surface area contributed by atoms with Crippen molar-refractivity contribution in [2.75, 3.05) is 5.75 Å². The summed E-state index contributed by atoms with van der Waals surface area (Å²) < 4.78 is 21.7. The minimum atomic E-state index is -0.976. The van der Waals surface area contributed by atoms with E-state index in [0.717, 1.165) is 5.69 Å². The van der Waals surface area contributed by atoms with Gasteiger partial charge in [-0.05, 0) is 13.0 Å². The van der Waals surface area contributed by atoms with Gasteiger partial charge in [-0.2, -0.15) is 0 Å². The smallest absolute Gasteiger partial charge is 0.303 e. The Hall–Kier alpha value is -2.29. The highest BCUT2D eigenvalue weighted by molar-refractivity contribution is 7.99. The van der Waals surface area contributed by atoms with Crippen LogP contribution in [0.1, 0.15) is 26.5 Å². The number of aromatic nitrogens is 1. The van der Waals surface area contributed by atoms with Crippen molar-refractivity contribution in [2.24, 2.45) is 0 Å². The molecule has 0 radical (unpaired) electrons. The maximum Gasteiger partial charge on any atom is 0.303 e. The van der Waals surface area contributed by atoms with Crippen molar-refractivity contribution in [3.8, 4) is 5.88 Å². The molecule has 2 heterocycles. The van der Waals surface area contributed by atoms with Crippen molar-refractivity contribution in [2.45, 2.75) is 51.4 Å². The van der Waals surface area contributed by atoms with E-state index >= 15 is 0 Å². The van der Waals surface area contributed by atoms with Gasteiger partial charge in [-0.3, -0.25) is 14.4 Å². The molecule has 26 heavy (non-hydrogen) atoms. The molecule has 8 nitrogen and oxygen atoms in total. The van der Waals surface area contributed by atoms with Crippen molar-refractivity contribution in [3.63, 3.8) is 0 Å². The Morgan fingerprint density at radius 1 is 1.00 bits per heavy atom. The van der Waals surface area contributed by atoms with Gasteiger partial charge in [0.1, 0.15) is 0 Å². The second-order valence-corrected chi connectivity index (χ2v) is 6.86. The fraction of sp³-hybridized carbons (Fsp3) is 0.529. The summed E-state index contributed by atoms with van der Waals surface area (Å²) in [6, 6.07) is 5.29. The molecule has 1 aliphatic heterocycles. The van der Waals surface area contributed by atoms with Gasteiger partial charge in [0.15, 0.2) is 23.7 Å². The average Bonchev–Trinajstić information content (AvgIpc) is 2.51. The average molecular weight is 383 g/mol. The molecular weight excluding hydrogens is 362 g/mol. The summed E-state index contributed by atoms with van der Waals surface area (Å²) in [5.41, 5.74) is 0.0889. The fourth-order valence-electron chi connectivity index (χ4n) is 2.51. The number of nitrogens with zero attached hydrogens (tertiary/aromatic N) is 1. The minimum absolute atomic E-state index is 0.311. The molecule has 0 bridgehead atoms. The van der Waals surface area contributed by atoms with E-state index < -0.39 is 41.7 Å². The summed E-state index contributed by atoms with van der Waals surface area (Å²) in [5, 5.41) is 0. The summed E-state index contributed by atoms with van der Waals surface area (Å²) >= 11 is 1.29. The van der Waals surface area contributed by atoms with E-state index in [1.807, 2.05) is 13.0 Å². The molecule has 0 aromatic carbocycles. The van der Waals surface area contributed by atoms with Crippen LogP contribution in [0.5, 0.6) is 5.88 Å². The molecular formula is C17H21NO7S. The second-order valence-electron chi connectivity index (χ2n) is 5.73. The van der Waals surface area contributed by atoms with E-state index in [9.17, 15) is 14.4 Å². The van der Waals surface area contributed by atoms with Gasteiger partial charge in [-0.1, -0.05) is 6.07 Å².